The Labute approximate surface area is 131 Å². The van der Waals surface area contributed by atoms with Gasteiger partial charge in [0.05, 0.1) is 12.9 Å². The number of hydrogen-bond donors (Lipinski definition) is 0. The Balaban J connectivity index is 1.87. The van der Waals surface area contributed by atoms with Gasteiger partial charge in [-0.2, -0.15) is 0 Å². The summed E-state index contributed by atoms with van der Waals surface area (Å²) in [5, 5.41) is 11.6. The van der Waals surface area contributed by atoms with E-state index >= 15 is 0 Å². The lowest BCUT2D eigenvalue weighted by Crippen LogP contribution is -1.89. The molecule has 0 saturated carbocycles. The lowest BCUT2D eigenvalue weighted by Gasteiger charge is -2.07. The Morgan fingerprint density at radius 1 is 1.19 bits per heavy atom. The summed E-state index contributed by atoms with van der Waals surface area (Å²) in [5.74, 6) is 1.63. The number of nitrogens with zero attached hydrogens (tertiary/aromatic N) is 3. The molecule has 0 fully saturated rings. The highest BCUT2D eigenvalue weighted by Gasteiger charge is 2.09. The average molecular weight is 317 g/mol. The van der Waals surface area contributed by atoms with Gasteiger partial charge < -0.3 is 4.74 Å². The highest BCUT2D eigenvalue weighted by molar-refractivity contribution is 7.98. The number of hydrogen-bond acceptors (Lipinski definition) is 6. The fourth-order valence-electron chi connectivity index (χ4n) is 2.04. The zero-order valence-corrected chi connectivity index (χ0v) is 13.5. The first kappa shape index (κ1) is 14.3. The van der Waals surface area contributed by atoms with Crippen molar-refractivity contribution in [3.63, 3.8) is 0 Å². The van der Waals surface area contributed by atoms with Crippen molar-refractivity contribution in [3.05, 3.63) is 40.5 Å². The molecule has 0 saturated heterocycles. The van der Waals surface area contributed by atoms with Gasteiger partial charge in [0.25, 0.3) is 0 Å². The fourth-order valence-corrected chi connectivity index (χ4v) is 3.85. The molecule has 3 aromatic rings. The maximum absolute atomic E-state index is 5.37. The first-order valence-corrected chi connectivity index (χ1v) is 8.47. The van der Waals surface area contributed by atoms with E-state index in [2.05, 4.69) is 28.2 Å². The van der Waals surface area contributed by atoms with Gasteiger partial charge in [0.2, 0.25) is 0 Å². The molecule has 0 N–H and O–H groups in total. The minimum absolute atomic E-state index is 0.805. The number of fused-ring (bicyclic) bond motifs is 1. The molecule has 0 spiro atoms. The van der Waals surface area contributed by atoms with Crippen molar-refractivity contribution in [1.29, 1.82) is 0 Å². The van der Waals surface area contributed by atoms with Gasteiger partial charge in [-0.1, -0.05) is 19.1 Å². The van der Waals surface area contributed by atoms with Crippen LogP contribution in [0.3, 0.4) is 0 Å². The van der Waals surface area contributed by atoms with Crippen LogP contribution in [-0.2, 0) is 12.2 Å². The monoisotopic (exact) mass is 317 g/mol. The SMILES string of the molecule is CCc1nnc(CSc2ccnc3c(OC)cccc23)s1. The molecule has 2 aromatic heterocycles. The van der Waals surface area contributed by atoms with Crippen LogP contribution in [0.25, 0.3) is 10.9 Å². The van der Waals surface area contributed by atoms with Crippen molar-refractivity contribution in [3.8, 4) is 5.75 Å². The summed E-state index contributed by atoms with van der Waals surface area (Å²) in [6, 6.07) is 8.04. The Hall–Kier alpha value is -1.66. The van der Waals surface area contributed by atoms with E-state index in [1.54, 1.807) is 30.2 Å². The van der Waals surface area contributed by atoms with Crippen LogP contribution in [0.1, 0.15) is 16.9 Å². The molecule has 0 unspecified atom stereocenters. The Morgan fingerprint density at radius 3 is 2.81 bits per heavy atom. The Bertz CT molecular complexity index is 758. The topological polar surface area (TPSA) is 47.9 Å². The number of aryl methyl sites for hydroxylation is 1. The number of rotatable bonds is 5. The summed E-state index contributed by atoms with van der Waals surface area (Å²) < 4.78 is 5.37. The van der Waals surface area contributed by atoms with Crippen LogP contribution in [0.5, 0.6) is 5.75 Å². The molecule has 2 heterocycles. The van der Waals surface area contributed by atoms with Crippen molar-refractivity contribution in [1.82, 2.24) is 15.2 Å². The quantitative estimate of drug-likeness (QED) is 0.667. The van der Waals surface area contributed by atoms with Gasteiger partial charge in [-0.05, 0) is 18.6 Å². The molecule has 108 valence electrons. The van der Waals surface area contributed by atoms with Crippen molar-refractivity contribution in [2.45, 2.75) is 24.0 Å². The molecule has 0 bridgehead atoms. The lowest BCUT2D eigenvalue weighted by molar-refractivity contribution is 0.419. The van der Waals surface area contributed by atoms with Gasteiger partial charge in [-0.3, -0.25) is 4.98 Å². The zero-order valence-electron chi connectivity index (χ0n) is 11.9. The van der Waals surface area contributed by atoms with E-state index in [0.29, 0.717) is 0 Å². The maximum atomic E-state index is 5.37. The first-order valence-electron chi connectivity index (χ1n) is 6.67. The highest BCUT2D eigenvalue weighted by Crippen LogP contribution is 2.33. The van der Waals surface area contributed by atoms with Gasteiger partial charge in [0, 0.05) is 16.5 Å². The van der Waals surface area contributed by atoms with Crippen LogP contribution in [0.4, 0.5) is 0 Å². The second kappa shape index (κ2) is 6.41. The van der Waals surface area contributed by atoms with E-state index in [1.807, 2.05) is 24.4 Å². The smallest absolute Gasteiger partial charge is 0.145 e. The van der Waals surface area contributed by atoms with Crippen LogP contribution >= 0.6 is 23.1 Å². The first-order chi connectivity index (χ1) is 10.3. The number of benzene rings is 1. The van der Waals surface area contributed by atoms with Crippen LogP contribution in [-0.4, -0.2) is 22.3 Å². The average Bonchev–Trinajstić information content (AvgIpc) is 3.00. The predicted octanol–water partition coefficient (Wildman–Crippen LogP) is 3.95. The van der Waals surface area contributed by atoms with E-state index in [1.165, 1.54) is 4.90 Å². The third kappa shape index (κ3) is 3.01. The molecule has 3 rings (SSSR count). The summed E-state index contributed by atoms with van der Waals surface area (Å²) in [6.07, 6.45) is 2.77. The van der Waals surface area contributed by atoms with Gasteiger partial charge in [-0.25, -0.2) is 0 Å². The zero-order chi connectivity index (χ0) is 14.7. The summed E-state index contributed by atoms with van der Waals surface area (Å²) in [7, 11) is 1.67. The molecule has 0 amide bonds. The normalized spacial score (nSPS) is 11.0. The molecular formula is C15H15N3OS2. The highest BCUT2D eigenvalue weighted by atomic mass is 32.2. The number of aromatic nitrogens is 3. The van der Waals surface area contributed by atoms with Crippen molar-refractivity contribution < 1.29 is 4.74 Å². The van der Waals surface area contributed by atoms with Crippen molar-refractivity contribution in [2.75, 3.05) is 7.11 Å². The van der Waals surface area contributed by atoms with Gasteiger partial charge in [0.1, 0.15) is 21.3 Å². The van der Waals surface area contributed by atoms with Gasteiger partial charge in [-0.15, -0.1) is 33.3 Å². The van der Waals surface area contributed by atoms with E-state index in [4.69, 9.17) is 4.74 Å². The van der Waals surface area contributed by atoms with E-state index < -0.39 is 0 Å². The largest absolute Gasteiger partial charge is 0.494 e. The molecule has 0 radical (unpaired) electrons. The minimum Gasteiger partial charge on any atom is -0.494 e. The maximum Gasteiger partial charge on any atom is 0.145 e. The molecule has 0 aliphatic carbocycles. The van der Waals surface area contributed by atoms with E-state index in [-0.39, 0.29) is 0 Å². The van der Waals surface area contributed by atoms with E-state index in [0.717, 1.165) is 38.8 Å². The number of thioether (sulfide) groups is 1. The second-order valence-corrected chi connectivity index (χ2v) is 6.56. The third-order valence-corrected chi connectivity index (χ3v) is 5.41. The summed E-state index contributed by atoms with van der Waals surface area (Å²) in [4.78, 5) is 5.61. The van der Waals surface area contributed by atoms with Crippen molar-refractivity contribution in [2.24, 2.45) is 0 Å². The number of pyridine rings is 1. The molecule has 1 aromatic carbocycles. The molecule has 6 heteroatoms. The molecule has 0 atom stereocenters. The Kier molecular flexibility index (Phi) is 4.36. The molecule has 21 heavy (non-hydrogen) atoms. The number of ether oxygens (including phenoxy) is 1. The molecular weight excluding hydrogens is 302 g/mol. The van der Waals surface area contributed by atoms with E-state index in [9.17, 15) is 0 Å². The third-order valence-electron chi connectivity index (χ3n) is 3.08. The van der Waals surface area contributed by atoms with Crippen LogP contribution in [0, 0.1) is 0 Å². The number of para-hydroxylation sites is 1. The van der Waals surface area contributed by atoms with Crippen molar-refractivity contribution >= 4 is 34.0 Å². The van der Waals surface area contributed by atoms with Gasteiger partial charge in [0.15, 0.2) is 0 Å². The fraction of sp³-hybridized carbons (Fsp3) is 0.267. The summed E-state index contributed by atoms with van der Waals surface area (Å²) in [5.41, 5.74) is 0.900. The predicted molar refractivity (Wildman–Crippen MR) is 87.1 cm³/mol. The second-order valence-electron chi connectivity index (χ2n) is 4.40. The standard InChI is InChI=1S/C15H15N3OS2/c1-3-13-17-18-14(21-13)9-20-12-7-8-16-15-10(12)5-4-6-11(15)19-2/h4-8H,3,9H2,1-2H3. The van der Waals surface area contributed by atoms with Crippen LogP contribution in [0.15, 0.2) is 35.4 Å². The van der Waals surface area contributed by atoms with Crippen LogP contribution < -0.4 is 4.74 Å². The minimum atomic E-state index is 0.805. The lowest BCUT2D eigenvalue weighted by atomic mass is 10.2. The molecule has 4 nitrogen and oxygen atoms in total. The molecule has 0 aliphatic heterocycles. The van der Waals surface area contributed by atoms with Crippen LogP contribution in [0.2, 0.25) is 0 Å². The number of methoxy groups -OCH3 is 1. The molecule has 0 aliphatic rings. The Morgan fingerprint density at radius 2 is 2.05 bits per heavy atom. The van der Waals surface area contributed by atoms with Gasteiger partial charge >= 0.3 is 0 Å². The summed E-state index contributed by atoms with van der Waals surface area (Å²) in [6.45, 7) is 2.10. The summed E-state index contributed by atoms with van der Waals surface area (Å²) >= 11 is 3.44.